The summed E-state index contributed by atoms with van der Waals surface area (Å²) in [7, 11) is 0. The van der Waals surface area contributed by atoms with Gasteiger partial charge < -0.3 is 15.7 Å². The Morgan fingerprint density at radius 2 is 2.10 bits per heavy atom. The zero-order chi connectivity index (χ0) is 15.7. The van der Waals surface area contributed by atoms with Crippen molar-refractivity contribution in [3.05, 3.63) is 24.5 Å². The van der Waals surface area contributed by atoms with Crippen molar-refractivity contribution in [3.63, 3.8) is 0 Å². The van der Waals surface area contributed by atoms with Crippen LogP contribution in [0.3, 0.4) is 0 Å². The first-order chi connectivity index (χ1) is 9.99. The maximum atomic E-state index is 11.7. The highest BCUT2D eigenvalue weighted by molar-refractivity contribution is 5.88. The minimum atomic E-state index is -0.775. The number of hydrogen-bond donors (Lipinski definition) is 3. The summed E-state index contributed by atoms with van der Waals surface area (Å²) in [5.74, 6) is -0.0877. The van der Waals surface area contributed by atoms with Crippen LogP contribution in [0.15, 0.2) is 24.5 Å². The quantitative estimate of drug-likeness (QED) is 0.687. The Bertz CT molecular complexity index is 449. The molecule has 6 heteroatoms. The average molecular weight is 293 g/mol. The molecule has 1 aromatic rings. The normalized spacial score (nSPS) is 12.0. The van der Waals surface area contributed by atoms with E-state index in [4.69, 9.17) is 5.11 Å². The molecule has 1 heterocycles. The second-order valence-corrected chi connectivity index (χ2v) is 5.35. The number of urea groups is 1. The Hall–Kier alpha value is -2.11. The van der Waals surface area contributed by atoms with Crippen molar-refractivity contribution >= 4 is 17.7 Å². The van der Waals surface area contributed by atoms with Gasteiger partial charge in [0.1, 0.15) is 0 Å². The number of amides is 2. The fraction of sp³-hybridized carbons (Fsp3) is 0.533. The van der Waals surface area contributed by atoms with E-state index in [-0.39, 0.29) is 12.5 Å². The summed E-state index contributed by atoms with van der Waals surface area (Å²) < 4.78 is 0. The third-order valence-corrected chi connectivity index (χ3v) is 3.39. The van der Waals surface area contributed by atoms with Crippen LogP contribution in [0, 0.1) is 11.8 Å². The van der Waals surface area contributed by atoms with Crippen LogP contribution in [0.25, 0.3) is 0 Å². The first-order valence-electron chi connectivity index (χ1n) is 7.15. The van der Waals surface area contributed by atoms with Crippen LogP contribution >= 0.6 is 0 Å². The lowest BCUT2D eigenvalue weighted by Gasteiger charge is -2.20. The molecule has 0 bridgehead atoms. The summed E-state index contributed by atoms with van der Waals surface area (Å²) in [6.45, 7) is 4.67. The van der Waals surface area contributed by atoms with Crippen LogP contribution in [-0.2, 0) is 4.79 Å². The Morgan fingerprint density at radius 3 is 2.67 bits per heavy atom. The van der Waals surface area contributed by atoms with Crippen molar-refractivity contribution in [2.24, 2.45) is 11.8 Å². The van der Waals surface area contributed by atoms with Crippen molar-refractivity contribution in [1.29, 1.82) is 0 Å². The SMILES string of the molecule is CC(C)C(CCNC(=O)Nc1cccnc1)CCC(=O)O. The Kier molecular flexibility index (Phi) is 7.21. The van der Waals surface area contributed by atoms with Crippen LogP contribution in [0.5, 0.6) is 0 Å². The third kappa shape index (κ3) is 7.29. The molecule has 0 aliphatic carbocycles. The van der Waals surface area contributed by atoms with Crippen LogP contribution in [0.1, 0.15) is 33.1 Å². The van der Waals surface area contributed by atoms with Gasteiger partial charge in [0.05, 0.1) is 11.9 Å². The Labute approximate surface area is 125 Å². The topological polar surface area (TPSA) is 91.3 Å². The van der Waals surface area contributed by atoms with Crippen molar-refractivity contribution in [3.8, 4) is 0 Å². The number of carbonyl (C=O) groups excluding carboxylic acids is 1. The molecular formula is C15H23N3O3. The van der Waals surface area contributed by atoms with E-state index in [1.165, 1.54) is 0 Å². The smallest absolute Gasteiger partial charge is 0.319 e. The number of rotatable bonds is 8. The fourth-order valence-corrected chi connectivity index (χ4v) is 2.10. The van der Waals surface area contributed by atoms with E-state index >= 15 is 0 Å². The van der Waals surface area contributed by atoms with Crippen molar-refractivity contribution in [1.82, 2.24) is 10.3 Å². The lowest BCUT2D eigenvalue weighted by molar-refractivity contribution is -0.137. The second-order valence-electron chi connectivity index (χ2n) is 5.35. The lowest BCUT2D eigenvalue weighted by atomic mass is 9.88. The molecule has 1 rings (SSSR count). The molecule has 0 radical (unpaired) electrons. The van der Waals surface area contributed by atoms with E-state index < -0.39 is 5.97 Å². The van der Waals surface area contributed by atoms with E-state index in [1.54, 1.807) is 24.5 Å². The van der Waals surface area contributed by atoms with Gasteiger partial charge in [0.15, 0.2) is 0 Å². The maximum Gasteiger partial charge on any atom is 0.319 e. The molecule has 0 fully saturated rings. The number of nitrogens with zero attached hydrogens (tertiary/aromatic N) is 1. The first-order valence-corrected chi connectivity index (χ1v) is 7.15. The molecule has 2 amide bonds. The number of carboxylic acids is 1. The monoisotopic (exact) mass is 293 g/mol. The molecule has 0 aliphatic rings. The summed E-state index contributed by atoms with van der Waals surface area (Å²) in [5.41, 5.74) is 0.640. The molecule has 116 valence electrons. The minimum Gasteiger partial charge on any atom is -0.481 e. The second kappa shape index (κ2) is 8.94. The molecule has 6 nitrogen and oxygen atoms in total. The zero-order valence-electron chi connectivity index (χ0n) is 12.5. The number of aromatic nitrogens is 1. The number of pyridine rings is 1. The molecule has 0 saturated heterocycles. The molecule has 3 N–H and O–H groups in total. The van der Waals surface area contributed by atoms with Crippen molar-refractivity contribution < 1.29 is 14.7 Å². The molecule has 1 atom stereocenters. The van der Waals surface area contributed by atoms with Gasteiger partial charge in [-0.1, -0.05) is 13.8 Å². The molecule has 0 saturated carbocycles. The number of aliphatic carboxylic acids is 1. The zero-order valence-corrected chi connectivity index (χ0v) is 12.5. The molecule has 1 aromatic heterocycles. The van der Waals surface area contributed by atoms with E-state index in [1.807, 2.05) is 0 Å². The maximum absolute atomic E-state index is 11.7. The van der Waals surface area contributed by atoms with Crippen LogP contribution in [0.4, 0.5) is 10.5 Å². The van der Waals surface area contributed by atoms with Crippen LogP contribution in [0.2, 0.25) is 0 Å². The van der Waals surface area contributed by atoms with Gasteiger partial charge in [-0.25, -0.2) is 4.79 Å². The molecule has 0 spiro atoms. The minimum absolute atomic E-state index is 0.171. The van der Waals surface area contributed by atoms with Gasteiger partial charge in [0.25, 0.3) is 0 Å². The van der Waals surface area contributed by atoms with Crippen LogP contribution < -0.4 is 10.6 Å². The summed E-state index contributed by atoms with van der Waals surface area (Å²) in [4.78, 5) is 26.2. The number of hydrogen-bond acceptors (Lipinski definition) is 3. The van der Waals surface area contributed by atoms with E-state index in [0.717, 1.165) is 6.42 Å². The highest BCUT2D eigenvalue weighted by Crippen LogP contribution is 2.20. The van der Waals surface area contributed by atoms with Gasteiger partial charge in [-0.2, -0.15) is 0 Å². The van der Waals surface area contributed by atoms with Gasteiger partial charge in [0.2, 0.25) is 0 Å². The van der Waals surface area contributed by atoms with Gasteiger partial charge in [-0.3, -0.25) is 9.78 Å². The molecule has 0 aromatic carbocycles. The summed E-state index contributed by atoms with van der Waals surface area (Å²) in [5, 5.41) is 14.2. The lowest BCUT2D eigenvalue weighted by Crippen LogP contribution is -2.31. The molecule has 1 unspecified atom stereocenters. The highest BCUT2D eigenvalue weighted by atomic mass is 16.4. The van der Waals surface area contributed by atoms with Gasteiger partial charge in [0, 0.05) is 19.2 Å². The first kappa shape index (κ1) is 16.9. The third-order valence-electron chi connectivity index (χ3n) is 3.39. The van der Waals surface area contributed by atoms with Gasteiger partial charge in [-0.05, 0) is 36.8 Å². The molecule has 0 aliphatic heterocycles. The van der Waals surface area contributed by atoms with Crippen molar-refractivity contribution in [2.75, 3.05) is 11.9 Å². The highest BCUT2D eigenvalue weighted by Gasteiger charge is 2.15. The molecular weight excluding hydrogens is 270 g/mol. The predicted octanol–water partition coefficient (Wildman–Crippen LogP) is 2.73. The summed E-state index contributed by atoms with van der Waals surface area (Å²) in [6.07, 6.45) is 4.79. The average Bonchev–Trinajstić information content (AvgIpc) is 2.43. The number of nitrogens with one attached hydrogen (secondary N) is 2. The van der Waals surface area contributed by atoms with E-state index in [2.05, 4.69) is 29.5 Å². The van der Waals surface area contributed by atoms with E-state index in [9.17, 15) is 9.59 Å². The fourth-order valence-electron chi connectivity index (χ4n) is 2.10. The Morgan fingerprint density at radius 1 is 1.33 bits per heavy atom. The van der Waals surface area contributed by atoms with Crippen molar-refractivity contribution in [2.45, 2.75) is 33.1 Å². The van der Waals surface area contributed by atoms with E-state index in [0.29, 0.717) is 30.5 Å². The predicted molar refractivity (Wildman–Crippen MR) is 81.1 cm³/mol. The largest absolute Gasteiger partial charge is 0.481 e. The van der Waals surface area contributed by atoms with Crippen LogP contribution in [-0.4, -0.2) is 28.6 Å². The number of carboxylic acid groups (broad SMARTS) is 1. The summed E-state index contributed by atoms with van der Waals surface area (Å²) >= 11 is 0. The standard InChI is InChI=1S/C15H23N3O3/c1-11(2)12(5-6-14(19)20)7-9-17-15(21)18-13-4-3-8-16-10-13/h3-4,8,10-12H,5-7,9H2,1-2H3,(H,19,20)(H2,17,18,21). The Balaban J connectivity index is 2.29. The van der Waals surface area contributed by atoms with Gasteiger partial charge >= 0.3 is 12.0 Å². The van der Waals surface area contributed by atoms with Gasteiger partial charge in [-0.15, -0.1) is 0 Å². The number of anilines is 1. The number of carbonyl (C=O) groups is 2. The summed E-state index contributed by atoms with van der Waals surface area (Å²) in [6, 6.07) is 3.23. The molecule has 21 heavy (non-hydrogen) atoms.